The predicted octanol–water partition coefficient (Wildman–Crippen LogP) is 3.01. The highest BCUT2D eigenvalue weighted by Crippen LogP contribution is 2.23. The van der Waals surface area contributed by atoms with Crippen molar-refractivity contribution in [3.8, 4) is 17.6 Å². The minimum absolute atomic E-state index is 0.173. The molecule has 1 amide bonds. The van der Waals surface area contributed by atoms with Crippen molar-refractivity contribution in [3.05, 3.63) is 40.2 Å². The number of unbranched alkanes of at least 4 members (excludes halogenated alkanes) is 3. The number of hydrogen-bond donors (Lipinski definition) is 2. The van der Waals surface area contributed by atoms with Gasteiger partial charge in [-0.05, 0) is 44.5 Å². The lowest BCUT2D eigenvalue weighted by Gasteiger charge is -2.32. The Labute approximate surface area is 202 Å². The van der Waals surface area contributed by atoms with Crippen LogP contribution in [0.5, 0.6) is 5.75 Å². The van der Waals surface area contributed by atoms with Crippen LogP contribution >= 0.6 is 0 Å². The Kier molecular flexibility index (Phi) is 9.99. The van der Waals surface area contributed by atoms with Crippen molar-refractivity contribution in [1.82, 2.24) is 20.1 Å². The third-order valence-corrected chi connectivity index (χ3v) is 6.53. The van der Waals surface area contributed by atoms with E-state index in [1.165, 1.54) is 25.3 Å². The number of nitrogens with zero attached hydrogens (tertiary/aromatic N) is 2. The molecule has 2 N–H and O–H groups in total. The number of piperidine rings is 1. The number of hydrogen-bond acceptors (Lipinski definition) is 5. The zero-order chi connectivity index (χ0) is 24.3. The van der Waals surface area contributed by atoms with Crippen LogP contribution in [0.1, 0.15) is 55.8 Å². The molecule has 0 radical (unpaired) electrons. The van der Waals surface area contributed by atoms with E-state index >= 15 is 0 Å². The third kappa shape index (κ3) is 6.85. The van der Waals surface area contributed by atoms with Crippen LogP contribution in [0.15, 0.2) is 29.1 Å². The van der Waals surface area contributed by atoms with Crippen molar-refractivity contribution in [2.24, 2.45) is 0 Å². The summed E-state index contributed by atoms with van der Waals surface area (Å²) in [6, 6.07) is 7.44. The van der Waals surface area contributed by atoms with Gasteiger partial charge in [0.2, 0.25) is 0 Å². The van der Waals surface area contributed by atoms with E-state index in [-0.39, 0.29) is 11.5 Å². The molecule has 1 aliphatic heterocycles. The number of benzene rings is 1. The number of ether oxygens (including phenoxy) is 1. The van der Waals surface area contributed by atoms with Gasteiger partial charge in [-0.25, -0.2) is 0 Å². The van der Waals surface area contributed by atoms with E-state index in [9.17, 15) is 9.59 Å². The van der Waals surface area contributed by atoms with Gasteiger partial charge in [0.1, 0.15) is 5.75 Å². The molecule has 1 saturated heterocycles. The number of carbonyl (C=O) groups excluding carboxylic acids is 1. The SMILES string of the molecule is CCCCCC#CCNC1CCN(CCn2c(=O)cc(C(=O)NC)c3ccc(OC)cc32)CC1. The van der Waals surface area contributed by atoms with Gasteiger partial charge in [0.25, 0.3) is 11.5 Å². The summed E-state index contributed by atoms with van der Waals surface area (Å²) in [5.74, 6) is 6.91. The normalized spacial score (nSPS) is 14.6. The summed E-state index contributed by atoms with van der Waals surface area (Å²) in [7, 11) is 3.17. The number of amides is 1. The summed E-state index contributed by atoms with van der Waals surface area (Å²) in [5.41, 5.74) is 0.940. The van der Waals surface area contributed by atoms with E-state index < -0.39 is 0 Å². The van der Waals surface area contributed by atoms with E-state index in [2.05, 4.69) is 34.3 Å². The minimum atomic E-state index is -0.264. The summed E-state index contributed by atoms with van der Waals surface area (Å²) >= 11 is 0. The van der Waals surface area contributed by atoms with Crippen LogP contribution in [0.25, 0.3) is 10.9 Å². The van der Waals surface area contributed by atoms with Crippen molar-refractivity contribution < 1.29 is 9.53 Å². The molecule has 1 aromatic carbocycles. The van der Waals surface area contributed by atoms with E-state index in [4.69, 9.17) is 4.74 Å². The molecule has 34 heavy (non-hydrogen) atoms. The molecule has 0 atom stereocenters. The van der Waals surface area contributed by atoms with Crippen LogP contribution in [0, 0.1) is 11.8 Å². The Morgan fingerprint density at radius 1 is 1.15 bits per heavy atom. The molecule has 184 valence electrons. The van der Waals surface area contributed by atoms with Crippen molar-refractivity contribution in [2.75, 3.05) is 40.3 Å². The van der Waals surface area contributed by atoms with Gasteiger partial charge >= 0.3 is 0 Å². The molecule has 0 unspecified atom stereocenters. The molecule has 0 spiro atoms. The Morgan fingerprint density at radius 2 is 1.94 bits per heavy atom. The predicted molar refractivity (Wildman–Crippen MR) is 138 cm³/mol. The average Bonchev–Trinajstić information content (AvgIpc) is 2.87. The molecule has 0 aliphatic carbocycles. The van der Waals surface area contributed by atoms with Crippen LogP contribution in [0.4, 0.5) is 0 Å². The van der Waals surface area contributed by atoms with Gasteiger partial charge in [0.05, 0.1) is 24.7 Å². The van der Waals surface area contributed by atoms with Gasteiger partial charge in [-0.3, -0.25) is 9.59 Å². The van der Waals surface area contributed by atoms with Gasteiger partial charge < -0.3 is 24.8 Å². The van der Waals surface area contributed by atoms with Gasteiger partial charge in [0.15, 0.2) is 0 Å². The Balaban J connectivity index is 1.58. The van der Waals surface area contributed by atoms with Crippen molar-refractivity contribution >= 4 is 16.8 Å². The molecule has 3 rings (SSSR count). The molecular formula is C27H38N4O3. The molecule has 2 aromatic rings. The number of likely N-dealkylation sites (tertiary alicyclic amines) is 1. The first-order chi connectivity index (χ1) is 16.6. The lowest BCUT2D eigenvalue weighted by Crippen LogP contribution is -2.44. The zero-order valence-electron chi connectivity index (χ0n) is 20.8. The molecular weight excluding hydrogens is 428 g/mol. The molecule has 7 heteroatoms. The smallest absolute Gasteiger partial charge is 0.251 e. The van der Waals surface area contributed by atoms with Crippen LogP contribution in [-0.4, -0.2) is 61.8 Å². The first kappa shape index (κ1) is 25.8. The van der Waals surface area contributed by atoms with Crippen LogP contribution in [0.3, 0.4) is 0 Å². The van der Waals surface area contributed by atoms with Crippen molar-refractivity contribution in [2.45, 2.75) is 58.0 Å². The lowest BCUT2D eigenvalue weighted by molar-refractivity contribution is 0.0964. The number of nitrogens with one attached hydrogen (secondary N) is 2. The van der Waals surface area contributed by atoms with E-state index in [0.29, 0.717) is 23.9 Å². The Bertz CT molecular complexity index is 1070. The number of pyridine rings is 1. The minimum Gasteiger partial charge on any atom is -0.497 e. The molecule has 2 heterocycles. The summed E-state index contributed by atoms with van der Waals surface area (Å²) in [6.07, 6.45) is 6.85. The summed E-state index contributed by atoms with van der Waals surface area (Å²) in [4.78, 5) is 27.7. The number of carbonyl (C=O) groups is 1. The lowest BCUT2D eigenvalue weighted by atomic mass is 10.0. The fourth-order valence-corrected chi connectivity index (χ4v) is 4.45. The van der Waals surface area contributed by atoms with Crippen LogP contribution in [0.2, 0.25) is 0 Å². The van der Waals surface area contributed by atoms with Crippen LogP contribution < -0.4 is 20.9 Å². The second-order valence-corrected chi connectivity index (χ2v) is 8.82. The Morgan fingerprint density at radius 3 is 2.65 bits per heavy atom. The highest BCUT2D eigenvalue weighted by molar-refractivity contribution is 6.06. The molecule has 7 nitrogen and oxygen atoms in total. The fourth-order valence-electron chi connectivity index (χ4n) is 4.45. The van der Waals surface area contributed by atoms with Gasteiger partial charge in [-0.1, -0.05) is 25.7 Å². The maximum absolute atomic E-state index is 12.9. The van der Waals surface area contributed by atoms with Crippen LogP contribution in [-0.2, 0) is 6.54 Å². The number of aromatic nitrogens is 1. The highest BCUT2D eigenvalue weighted by Gasteiger charge is 2.19. The monoisotopic (exact) mass is 466 g/mol. The second kappa shape index (κ2) is 13.2. The van der Waals surface area contributed by atoms with Crippen molar-refractivity contribution in [3.63, 3.8) is 0 Å². The largest absolute Gasteiger partial charge is 0.497 e. The Hall–Kier alpha value is -2.82. The molecule has 1 fully saturated rings. The number of methoxy groups -OCH3 is 1. The topological polar surface area (TPSA) is 75.6 Å². The standard InChI is InChI=1S/C27H38N4O3/c1-4-5-6-7-8-9-14-29-21-12-15-30(16-13-21)17-18-31-25-19-22(34-3)10-11-23(25)24(20-26(31)32)27(33)28-2/h10-11,19-21,29H,4-7,12-18H2,1-3H3,(H,28,33). The third-order valence-electron chi connectivity index (χ3n) is 6.53. The summed E-state index contributed by atoms with van der Waals surface area (Å²) in [6.45, 7) is 6.31. The summed E-state index contributed by atoms with van der Waals surface area (Å²) in [5, 5.41) is 6.94. The maximum atomic E-state index is 12.9. The second-order valence-electron chi connectivity index (χ2n) is 8.82. The molecule has 0 saturated carbocycles. The van der Waals surface area contributed by atoms with Gasteiger partial charge in [0, 0.05) is 50.1 Å². The summed E-state index contributed by atoms with van der Waals surface area (Å²) < 4.78 is 7.12. The quantitative estimate of drug-likeness (QED) is 0.416. The zero-order valence-corrected chi connectivity index (χ0v) is 20.8. The first-order valence-corrected chi connectivity index (χ1v) is 12.4. The molecule has 1 aromatic heterocycles. The first-order valence-electron chi connectivity index (χ1n) is 12.4. The van der Waals surface area contributed by atoms with Crippen molar-refractivity contribution in [1.29, 1.82) is 0 Å². The number of fused-ring (bicyclic) bond motifs is 1. The van der Waals surface area contributed by atoms with E-state index in [1.807, 2.05) is 18.2 Å². The number of rotatable bonds is 10. The molecule has 0 bridgehead atoms. The average molecular weight is 467 g/mol. The molecule has 1 aliphatic rings. The van der Waals surface area contributed by atoms with E-state index in [0.717, 1.165) is 56.3 Å². The van der Waals surface area contributed by atoms with Gasteiger partial charge in [-0.15, -0.1) is 5.92 Å². The van der Waals surface area contributed by atoms with E-state index in [1.54, 1.807) is 18.7 Å². The fraction of sp³-hybridized carbons (Fsp3) is 0.556. The highest BCUT2D eigenvalue weighted by atomic mass is 16.5. The van der Waals surface area contributed by atoms with Gasteiger partial charge in [-0.2, -0.15) is 0 Å². The maximum Gasteiger partial charge on any atom is 0.251 e.